The Morgan fingerprint density at radius 3 is 1.71 bits per heavy atom. The number of likely N-dealkylation sites (tertiary alicyclic amines) is 1. The van der Waals surface area contributed by atoms with E-state index in [1.807, 2.05) is 13.8 Å². The van der Waals surface area contributed by atoms with Crippen LogP contribution >= 0.6 is 0 Å². The molecule has 0 aliphatic carbocycles. The molecule has 3 nitrogen and oxygen atoms in total. The van der Waals surface area contributed by atoms with Gasteiger partial charge in [-0.2, -0.15) is 0 Å². The van der Waals surface area contributed by atoms with Gasteiger partial charge in [0.2, 0.25) is 0 Å². The Morgan fingerprint density at radius 2 is 1.24 bits per heavy atom. The van der Waals surface area contributed by atoms with Crippen LogP contribution in [-0.4, -0.2) is 73.6 Å². The van der Waals surface area contributed by atoms with Crippen molar-refractivity contribution in [2.75, 3.05) is 58.9 Å². The number of nitrogens with zero attached hydrogens (tertiary/aromatic N) is 3. The van der Waals surface area contributed by atoms with Gasteiger partial charge in [0, 0.05) is 45.8 Å². The van der Waals surface area contributed by atoms with E-state index in [9.17, 15) is 0 Å². The van der Waals surface area contributed by atoms with Crippen LogP contribution in [0.3, 0.4) is 0 Å². The summed E-state index contributed by atoms with van der Waals surface area (Å²) in [5.41, 5.74) is 0. The quantitative estimate of drug-likeness (QED) is 0.740. The molecule has 0 spiro atoms. The molecule has 2 aliphatic rings. The van der Waals surface area contributed by atoms with Gasteiger partial charge in [-0.05, 0) is 19.0 Å². The van der Waals surface area contributed by atoms with Gasteiger partial charge in [0.15, 0.2) is 0 Å². The minimum Gasteiger partial charge on any atom is -0.303 e. The zero-order valence-electron chi connectivity index (χ0n) is 12.3. The second kappa shape index (κ2) is 8.06. The molecule has 0 N–H and O–H groups in total. The molecule has 0 amide bonds. The first-order valence-corrected chi connectivity index (χ1v) is 7.49. The van der Waals surface area contributed by atoms with Gasteiger partial charge in [0.05, 0.1) is 0 Å². The largest absolute Gasteiger partial charge is 0.303 e. The van der Waals surface area contributed by atoms with Gasteiger partial charge in [-0.1, -0.05) is 27.7 Å². The lowest BCUT2D eigenvalue weighted by Crippen LogP contribution is -2.54. The molecule has 17 heavy (non-hydrogen) atoms. The van der Waals surface area contributed by atoms with E-state index < -0.39 is 0 Å². The van der Waals surface area contributed by atoms with E-state index >= 15 is 0 Å². The fourth-order valence-electron chi connectivity index (χ4n) is 2.70. The fraction of sp³-hybridized carbons (Fsp3) is 1.00. The lowest BCUT2D eigenvalue weighted by Gasteiger charge is -2.43. The number of rotatable bonds is 4. The predicted molar refractivity (Wildman–Crippen MR) is 75.5 cm³/mol. The van der Waals surface area contributed by atoms with Crippen LogP contribution in [0.15, 0.2) is 0 Å². The highest BCUT2D eigenvalue weighted by Crippen LogP contribution is 2.16. The highest BCUT2D eigenvalue weighted by Gasteiger charge is 2.27. The third kappa shape index (κ3) is 4.57. The van der Waals surface area contributed by atoms with Gasteiger partial charge in [0.1, 0.15) is 0 Å². The Bertz CT molecular complexity index is 182. The van der Waals surface area contributed by atoms with Crippen LogP contribution in [0.1, 0.15) is 27.7 Å². The third-order valence-electron chi connectivity index (χ3n) is 3.91. The minimum absolute atomic E-state index is 0.957. The van der Waals surface area contributed by atoms with Crippen molar-refractivity contribution in [3.63, 3.8) is 0 Å². The standard InChI is InChI=1S/C12H25N3.C2H6/c1-3-13-5-7-15(8-6-13)11-12-9-14(4-2)10-12;1-2/h12H,3-11H2,1-2H3;1-2H3. The maximum absolute atomic E-state index is 2.66. The van der Waals surface area contributed by atoms with E-state index in [0.29, 0.717) is 0 Å². The highest BCUT2D eigenvalue weighted by molar-refractivity contribution is 4.83. The summed E-state index contributed by atoms with van der Waals surface area (Å²) < 4.78 is 0. The monoisotopic (exact) mass is 241 g/mol. The van der Waals surface area contributed by atoms with E-state index in [2.05, 4.69) is 28.5 Å². The molecule has 102 valence electrons. The molecule has 2 saturated heterocycles. The number of hydrogen-bond acceptors (Lipinski definition) is 3. The van der Waals surface area contributed by atoms with Crippen LogP contribution in [0.2, 0.25) is 0 Å². The van der Waals surface area contributed by atoms with Gasteiger partial charge in [-0.25, -0.2) is 0 Å². The first-order valence-electron chi connectivity index (χ1n) is 7.49. The van der Waals surface area contributed by atoms with Crippen molar-refractivity contribution < 1.29 is 0 Å². The Labute approximate surface area is 108 Å². The van der Waals surface area contributed by atoms with Crippen LogP contribution in [-0.2, 0) is 0 Å². The summed E-state index contributed by atoms with van der Waals surface area (Å²) in [4.78, 5) is 7.74. The molecule has 2 rings (SSSR count). The molecule has 0 atom stereocenters. The summed E-state index contributed by atoms with van der Waals surface area (Å²) in [5.74, 6) is 0.957. The second-order valence-corrected chi connectivity index (χ2v) is 4.95. The summed E-state index contributed by atoms with van der Waals surface area (Å²) in [6, 6.07) is 0. The number of hydrogen-bond donors (Lipinski definition) is 0. The molecule has 0 bridgehead atoms. The molecule has 2 aliphatic heterocycles. The van der Waals surface area contributed by atoms with E-state index in [1.54, 1.807) is 0 Å². The van der Waals surface area contributed by atoms with E-state index in [-0.39, 0.29) is 0 Å². The molecular formula is C14H31N3. The van der Waals surface area contributed by atoms with Crippen LogP contribution in [0.25, 0.3) is 0 Å². The summed E-state index contributed by atoms with van der Waals surface area (Å²) in [6.07, 6.45) is 0. The summed E-state index contributed by atoms with van der Waals surface area (Å²) in [5, 5.41) is 0. The molecule has 2 heterocycles. The van der Waals surface area contributed by atoms with Crippen molar-refractivity contribution in [2.24, 2.45) is 5.92 Å². The van der Waals surface area contributed by atoms with E-state index in [0.717, 1.165) is 5.92 Å². The van der Waals surface area contributed by atoms with Crippen LogP contribution in [0.5, 0.6) is 0 Å². The van der Waals surface area contributed by atoms with Crippen molar-refractivity contribution in [2.45, 2.75) is 27.7 Å². The van der Waals surface area contributed by atoms with Crippen molar-refractivity contribution in [1.29, 1.82) is 0 Å². The molecule has 2 fully saturated rings. The second-order valence-electron chi connectivity index (χ2n) is 4.95. The van der Waals surface area contributed by atoms with Crippen LogP contribution < -0.4 is 0 Å². The van der Waals surface area contributed by atoms with Gasteiger partial charge in [-0.3, -0.25) is 0 Å². The van der Waals surface area contributed by atoms with Crippen LogP contribution in [0.4, 0.5) is 0 Å². The average molecular weight is 241 g/mol. The molecular weight excluding hydrogens is 210 g/mol. The normalized spacial score (nSPS) is 24.0. The molecule has 0 aromatic rings. The lowest BCUT2D eigenvalue weighted by atomic mass is 9.99. The number of piperazine rings is 1. The maximum Gasteiger partial charge on any atom is 0.0110 e. The number of likely N-dealkylation sites (N-methyl/N-ethyl adjacent to an activating group) is 1. The first-order chi connectivity index (χ1) is 8.31. The Hall–Kier alpha value is -0.120. The van der Waals surface area contributed by atoms with Gasteiger partial charge in [-0.15, -0.1) is 0 Å². The first kappa shape index (κ1) is 14.9. The zero-order chi connectivity index (χ0) is 12.7. The molecule has 0 saturated carbocycles. The summed E-state index contributed by atoms with van der Waals surface area (Å²) >= 11 is 0. The fourth-order valence-corrected chi connectivity index (χ4v) is 2.70. The molecule has 0 aromatic heterocycles. The summed E-state index contributed by atoms with van der Waals surface area (Å²) in [7, 11) is 0. The average Bonchev–Trinajstić information content (AvgIpc) is 2.36. The topological polar surface area (TPSA) is 9.72 Å². The van der Waals surface area contributed by atoms with Crippen molar-refractivity contribution >= 4 is 0 Å². The van der Waals surface area contributed by atoms with Crippen molar-refractivity contribution in [3.8, 4) is 0 Å². The Morgan fingerprint density at radius 1 is 0.765 bits per heavy atom. The third-order valence-corrected chi connectivity index (χ3v) is 3.91. The van der Waals surface area contributed by atoms with Gasteiger partial charge >= 0.3 is 0 Å². The van der Waals surface area contributed by atoms with Crippen molar-refractivity contribution in [1.82, 2.24) is 14.7 Å². The SMILES string of the molecule is CC.CCN1CCN(CC2CN(CC)C2)CC1. The smallest absolute Gasteiger partial charge is 0.0110 e. The Kier molecular flexibility index (Phi) is 7.09. The van der Waals surface area contributed by atoms with Gasteiger partial charge in [0.25, 0.3) is 0 Å². The highest BCUT2D eigenvalue weighted by atomic mass is 15.3. The zero-order valence-corrected chi connectivity index (χ0v) is 12.3. The molecule has 0 radical (unpaired) electrons. The Balaban J connectivity index is 0.000000686. The molecule has 0 aromatic carbocycles. The summed E-state index contributed by atoms with van der Waals surface area (Å²) in [6.45, 7) is 20.1. The van der Waals surface area contributed by atoms with E-state index in [1.165, 1.54) is 58.9 Å². The lowest BCUT2D eigenvalue weighted by molar-refractivity contribution is 0.0512. The van der Waals surface area contributed by atoms with E-state index in [4.69, 9.17) is 0 Å². The minimum atomic E-state index is 0.957. The molecule has 3 heteroatoms. The van der Waals surface area contributed by atoms with Gasteiger partial charge < -0.3 is 14.7 Å². The maximum atomic E-state index is 2.66. The molecule has 0 unspecified atom stereocenters. The van der Waals surface area contributed by atoms with Crippen molar-refractivity contribution in [3.05, 3.63) is 0 Å². The van der Waals surface area contributed by atoms with Crippen LogP contribution in [0, 0.1) is 5.92 Å². The predicted octanol–water partition coefficient (Wildman–Crippen LogP) is 1.60.